The van der Waals surface area contributed by atoms with Crippen LogP contribution in [0, 0.1) is 0 Å². The molecule has 0 saturated carbocycles. The summed E-state index contributed by atoms with van der Waals surface area (Å²) in [6.45, 7) is 2.25. The van der Waals surface area contributed by atoms with Gasteiger partial charge in [0.1, 0.15) is 6.04 Å². The second kappa shape index (κ2) is 33.0. The van der Waals surface area contributed by atoms with E-state index in [9.17, 15) is 19.5 Å². The van der Waals surface area contributed by atoms with Crippen molar-refractivity contribution < 1.29 is 106 Å². The summed E-state index contributed by atoms with van der Waals surface area (Å²) in [5, 5.41) is 10.3. The van der Waals surface area contributed by atoms with Gasteiger partial charge in [0.25, 0.3) is 0 Å². The number of carboxylic acid groups (broad SMARTS) is 1. The van der Waals surface area contributed by atoms with Crippen molar-refractivity contribution in [1.29, 1.82) is 0 Å². The van der Waals surface area contributed by atoms with E-state index in [4.69, 9.17) is 5.73 Å². The van der Waals surface area contributed by atoms with Crippen molar-refractivity contribution in [3.63, 3.8) is 0 Å². The van der Waals surface area contributed by atoms with Gasteiger partial charge < -0.3 is 25.8 Å². The number of hydrogen-bond acceptors (Lipinski definition) is 6. The van der Waals surface area contributed by atoms with Crippen molar-refractivity contribution in [3.05, 3.63) is 0 Å². The van der Waals surface area contributed by atoms with Gasteiger partial charge in [0, 0.05) is 12.4 Å². The van der Waals surface area contributed by atoms with Crippen LogP contribution in [0.4, 0.5) is 0 Å². The standard InChI is InChI=1S/C23H43NO5.Fe.2Na.O/c1-2-3-4-5-6-7-8-9-10-11-12-13-14-15-16-17-22(27)29-23(28)20(24)18-19-21(25)26;;;;/h20H,2-19,24H2,1H3,(H,25,26);;;;/q;+2;2*+1;-2/p-1/t20-;;;;/m0..../s1. The number of aliphatic carboxylic acids is 1. The van der Waals surface area contributed by atoms with Gasteiger partial charge in [0.15, 0.2) is 0 Å². The maximum atomic E-state index is 11.6. The monoisotopic (exact) mass is 530 g/mol. The molecule has 0 fully saturated rings. The van der Waals surface area contributed by atoms with Crippen LogP contribution in [0.25, 0.3) is 0 Å². The number of rotatable bonds is 20. The van der Waals surface area contributed by atoms with E-state index < -0.39 is 23.9 Å². The maximum absolute atomic E-state index is 11.6. The summed E-state index contributed by atoms with van der Waals surface area (Å²) in [6.07, 6.45) is 18.5. The Bertz CT molecular complexity index is 459. The van der Waals surface area contributed by atoms with Gasteiger partial charge >= 0.3 is 88.1 Å². The van der Waals surface area contributed by atoms with Crippen LogP contribution in [-0.4, -0.2) is 23.9 Å². The number of hydrogen-bond donors (Lipinski definition) is 1. The molecule has 0 radical (unpaired) electrons. The van der Waals surface area contributed by atoms with Gasteiger partial charge in [-0.2, -0.15) is 0 Å². The Morgan fingerprint density at radius 2 is 1.09 bits per heavy atom. The first-order chi connectivity index (χ1) is 14.0. The van der Waals surface area contributed by atoms with E-state index in [0.717, 1.165) is 12.8 Å². The van der Waals surface area contributed by atoms with E-state index in [1.807, 2.05) is 0 Å². The largest absolute Gasteiger partial charge is 2.00 e. The summed E-state index contributed by atoms with van der Waals surface area (Å²) in [7, 11) is 0. The molecular formula is C23H42FeNNa2O6+. The Labute approximate surface area is 255 Å². The second-order valence-electron chi connectivity index (χ2n) is 8.01. The average molecular weight is 530 g/mol. The predicted molar refractivity (Wildman–Crippen MR) is 114 cm³/mol. The van der Waals surface area contributed by atoms with E-state index in [1.165, 1.54) is 77.0 Å². The van der Waals surface area contributed by atoms with E-state index in [2.05, 4.69) is 11.7 Å². The van der Waals surface area contributed by atoms with Crippen molar-refractivity contribution in [1.82, 2.24) is 0 Å². The molecule has 1 atom stereocenters. The molecule has 0 aliphatic carbocycles. The number of nitrogens with two attached hydrogens (primary N) is 1. The van der Waals surface area contributed by atoms with Crippen LogP contribution in [0.3, 0.4) is 0 Å². The number of carboxylic acids is 1. The zero-order chi connectivity index (χ0) is 21.7. The van der Waals surface area contributed by atoms with Gasteiger partial charge in [0.2, 0.25) is 0 Å². The van der Waals surface area contributed by atoms with Crippen molar-refractivity contribution in [2.45, 2.75) is 129 Å². The third-order valence-electron chi connectivity index (χ3n) is 5.16. The number of esters is 2. The third-order valence-corrected chi connectivity index (χ3v) is 5.16. The normalized spacial score (nSPS) is 10.5. The fourth-order valence-electron chi connectivity index (χ4n) is 3.27. The first-order valence-electron chi connectivity index (χ1n) is 11.7. The van der Waals surface area contributed by atoms with Gasteiger partial charge in [-0.3, -0.25) is 4.79 Å². The minimum absolute atomic E-state index is 0. The fourth-order valence-corrected chi connectivity index (χ4v) is 3.27. The van der Waals surface area contributed by atoms with Crippen molar-refractivity contribution in [2.24, 2.45) is 5.73 Å². The molecule has 0 aromatic heterocycles. The first kappa shape index (κ1) is 44.1. The summed E-state index contributed by atoms with van der Waals surface area (Å²) < 4.78 is 4.65. The summed E-state index contributed by atoms with van der Waals surface area (Å²) >= 11 is 0. The number of carbonyl (C=O) groups is 3. The van der Waals surface area contributed by atoms with E-state index in [0.29, 0.717) is 6.42 Å². The molecule has 0 saturated heterocycles. The topological polar surface area (TPSA) is 138 Å². The van der Waals surface area contributed by atoms with Crippen LogP contribution in [0.15, 0.2) is 0 Å². The Balaban J connectivity index is -0.000000653. The molecule has 0 unspecified atom stereocenters. The van der Waals surface area contributed by atoms with Gasteiger partial charge in [-0.15, -0.1) is 0 Å². The van der Waals surface area contributed by atoms with Crippen LogP contribution >= 0.6 is 0 Å². The quantitative estimate of drug-likeness (QED) is 0.0842. The molecule has 184 valence electrons. The SMILES string of the molecule is CCCCCCCCCCCCCCCCCC(=O)OC(=O)[C@@H](N)CCC(=O)[O-].[Fe+2].[Na+].[Na+].[O-2]. The molecule has 10 heteroatoms. The maximum Gasteiger partial charge on any atom is 2.00 e. The second-order valence-corrected chi connectivity index (χ2v) is 8.01. The zero-order valence-corrected chi connectivity index (χ0v) is 26.3. The van der Waals surface area contributed by atoms with Crippen molar-refractivity contribution >= 4 is 17.9 Å². The Hall–Kier alpha value is 1.05. The Morgan fingerprint density at radius 3 is 1.45 bits per heavy atom. The fraction of sp³-hybridized carbons (Fsp3) is 0.870. The van der Waals surface area contributed by atoms with Gasteiger partial charge in [-0.1, -0.05) is 96.8 Å². The third kappa shape index (κ3) is 33.0. The molecule has 0 rings (SSSR count). The first-order valence-corrected chi connectivity index (χ1v) is 11.7. The number of ether oxygens (including phenoxy) is 1. The number of unbranched alkanes of at least 4 members (excludes halogenated alkanes) is 14. The molecular weight excluding hydrogens is 488 g/mol. The Kier molecular flexibility index (Phi) is 44.1. The van der Waals surface area contributed by atoms with Crippen LogP contribution in [-0.2, 0) is 41.7 Å². The molecule has 0 aliphatic rings. The molecule has 0 aromatic carbocycles. The summed E-state index contributed by atoms with van der Waals surface area (Å²) in [4.78, 5) is 33.5. The summed E-state index contributed by atoms with van der Waals surface area (Å²) in [5.74, 6) is -2.73. The molecule has 0 amide bonds. The Morgan fingerprint density at radius 1 is 0.727 bits per heavy atom. The minimum Gasteiger partial charge on any atom is -2.00 e. The molecule has 7 nitrogen and oxygen atoms in total. The van der Waals surface area contributed by atoms with Crippen LogP contribution < -0.4 is 70.0 Å². The smallest absolute Gasteiger partial charge is 2.00 e. The molecule has 2 N–H and O–H groups in total. The van der Waals surface area contributed by atoms with Crippen molar-refractivity contribution in [3.8, 4) is 0 Å². The van der Waals surface area contributed by atoms with Gasteiger partial charge in [-0.25, -0.2) is 4.79 Å². The average Bonchev–Trinajstić information content (AvgIpc) is 2.68. The molecule has 0 aromatic rings. The molecule has 0 heterocycles. The molecule has 0 bridgehead atoms. The predicted octanol–water partition coefficient (Wildman–Crippen LogP) is -1.94. The van der Waals surface area contributed by atoms with Crippen LogP contribution in [0.5, 0.6) is 0 Å². The van der Waals surface area contributed by atoms with Gasteiger partial charge in [-0.05, 0) is 19.3 Å². The van der Waals surface area contributed by atoms with E-state index in [-0.39, 0.29) is 101 Å². The van der Waals surface area contributed by atoms with Crippen LogP contribution in [0.2, 0.25) is 0 Å². The van der Waals surface area contributed by atoms with E-state index in [1.54, 1.807) is 0 Å². The molecule has 33 heavy (non-hydrogen) atoms. The summed E-state index contributed by atoms with van der Waals surface area (Å²) in [6, 6.07) is -1.10. The van der Waals surface area contributed by atoms with Gasteiger partial charge in [0.05, 0.1) is 0 Å². The zero-order valence-electron chi connectivity index (χ0n) is 21.2. The summed E-state index contributed by atoms with van der Waals surface area (Å²) in [5.41, 5.74) is 5.48. The van der Waals surface area contributed by atoms with E-state index >= 15 is 0 Å². The van der Waals surface area contributed by atoms with Crippen LogP contribution in [0.1, 0.15) is 122 Å². The minimum atomic E-state index is -1.28. The molecule has 0 aliphatic heterocycles. The molecule has 0 spiro atoms. The van der Waals surface area contributed by atoms with Crippen molar-refractivity contribution in [2.75, 3.05) is 0 Å². The number of carbonyl (C=O) groups excluding carboxylic acids is 3.